The highest BCUT2D eigenvalue weighted by Gasteiger charge is 2.22. The first-order chi connectivity index (χ1) is 8.43. The molecule has 1 aromatic heterocycles. The van der Waals surface area contributed by atoms with Crippen LogP contribution in [-0.2, 0) is 0 Å². The SMILES string of the molecule is c1cc(NC[C@H]2CCCNC2)n(C2CNC2)n1. The summed E-state index contributed by atoms with van der Waals surface area (Å²) >= 11 is 0. The molecule has 2 saturated heterocycles. The van der Waals surface area contributed by atoms with Gasteiger partial charge in [0.2, 0.25) is 0 Å². The van der Waals surface area contributed by atoms with Crippen LogP contribution in [0.3, 0.4) is 0 Å². The van der Waals surface area contributed by atoms with Crippen molar-refractivity contribution >= 4 is 5.82 Å². The fourth-order valence-electron chi connectivity index (χ4n) is 2.54. The van der Waals surface area contributed by atoms with Gasteiger partial charge in [-0.25, -0.2) is 4.68 Å². The molecule has 0 amide bonds. The number of nitrogens with zero attached hydrogens (tertiary/aromatic N) is 2. The summed E-state index contributed by atoms with van der Waals surface area (Å²) in [6, 6.07) is 2.62. The Balaban J connectivity index is 1.55. The molecule has 0 unspecified atom stereocenters. The molecule has 0 aliphatic carbocycles. The van der Waals surface area contributed by atoms with Crippen molar-refractivity contribution in [2.24, 2.45) is 5.92 Å². The smallest absolute Gasteiger partial charge is 0.124 e. The largest absolute Gasteiger partial charge is 0.370 e. The molecular weight excluding hydrogens is 214 g/mol. The third kappa shape index (κ3) is 2.45. The van der Waals surface area contributed by atoms with E-state index in [4.69, 9.17) is 0 Å². The Morgan fingerprint density at radius 1 is 1.35 bits per heavy atom. The quantitative estimate of drug-likeness (QED) is 0.709. The van der Waals surface area contributed by atoms with E-state index in [1.807, 2.05) is 6.20 Å². The fraction of sp³-hybridized carbons (Fsp3) is 0.750. The van der Waals surface area contributed by atoms with Crippen molar-refractivity contribution in [3.05, 3.63) is 12.3 Å². The Morgan fingerprint density at radius 2 is 2.29 bits per heavy atom. The van der Waals surface area contributed by atoms with E-state index < -0.39 is 0 Å². The fourth-order valence-corrected chi connectivity index (χ4v) is 2.54. The highest BCUT2D eigenvalue weighted by atomic mass is 15.4. The van der Waals surface area contributed by atoms with Crippen LogP contribution in [0.5, 0.6) is 0 Å². The van der Waals surface area contributed by atoms with Gasteiger partial charge in [0.25, 0.3) is 0 Å². The highest BCUT2D eigenvalue weighted by Crippen LogP contribution is 2.18. The van der Waals surface area contributed by atoms with E-state index in [1.54, 1.807) is 0 Å². The summed E-state index contributed by atoms with van der Waals surface area (Å²) in [7, 11) is 0. The first-order valence-corrected chi connectivity index (χ1v) is 6.62. The van der Waals surface area contributed by atoms with Gasteiger partial charge < -0.3 is 16.0 Å². The number of anilines is 1. The lowest BCUT2D eigenvalue weighted by Crippen LogP contribution is -2.44. The van der Waals surface area contributed by atoms with Gasteiger partial charge in [0, 0.05) is 25.7 Å². The van der Waals surface area contributed by atoms with E-state index in [1.165, 1.54) is 25.2 Å². The zero-order valence-electron chi connectivity index (χ0n) is 10.2. The summed E-state index contributed by atoms with van der Waals surface area (Å²) in [6.07, 6.45) is 4.52. The number of rotatable bonds is 4. The topological polar surface area (TPSA) is 53.9 Å². The number of hydrogen-bond donors (Lipinski definition) is 3. The molecule has 1 aromatic rings. The number of hydrogen-bond acceptors (Lipinski definition) is 4. The molecule has 17 heavy (non-hydrogen) atoms. The summed E-state index contributed by atoms with van der Waals surface area (Å²) in [6.45, 7) is 5.47. The Bertz CT molecular complexity index is 352. The van der Waals surface area contributed by atoms with Crippen molar-refractivity contribution in [2.45, 2.75) is 18.9 Å². The standard InChI is InChI=1S/C12H21N5/c1-2-10(6-13-4-1)7-15-12-3-5-16-17(12)11-8-14-9-11/h3,5,10-11,13-15H,1-2,4,6-9H2/t10-/m0/s1. The number of piperidine rings is 1. The minimum absolute atomic E-state index is 0.539. The predicted molar refractivity (Wildman–Crippen MR) is 68.2 cm³/mol. The summed E-state index contributed by atoms with van der Waals surface area (Å²) < 4.78 is 2.12. The first-order valence-electron chi connectivity index (χ1n) is 6.62. The lowest BCUT2D eigenvalue weighted by Gasteiger charge is -2.29. The minimum Gasteiger partial charge on any atom is -0.370 e. The van der Waals surface area contributed by atoms with E-state index in [-0.39, 0.29) is 0 Å². The van der Waals surface area contributed by atoms with Crippen LogP contribution in [0.25, 0.3) is 0 Å². The molecule has 0 saturated carbocycles. The molecule has 3 N–H and O–H groups in total. The van der Waals surface area contributed by atoms with Gasteiger partial charge >= 0.3 is 0 Å². The van der Waals surface area contributed by atoms with E-state index in [2.05, 4.69) is 31.8 Å². The molecule has 2 aliphatic rings. The maximum Gasteiger partial charge on any atom is 0.124 e. The number of aromatic nitrogens is 2. The molecule has 0 bridgehead atoms. The van der Waals surface area contributed by atoms with E-state index in [9.17, 15) is 0 Å². The molecular formula is C12H21N5. The summed E-state index contributed by atoms with van der Waals surface area (Å²) in [4.78, 5) is 0. The molecule has 2 aliphatic heterocycles. The van der Waals surface area contributed by atoms with Crippen LogP contribution in [0.4, 0.5) is 5.82 Å². The normalized spacial score (nSPS) is 25.5. The van der Waals surface area contributed by atoms with E-state index in [0.717, 1.165) is 32.1 Å². The van der Waals surface area contributed by atoms with Crippen molar-refractivity contribution in [1.82, 2.24) is 20.4 Å². The third-order valence-electron chi connectivity index (χ3n) is 3.75. The van der Waals surface area contributed by atoms with E-state index in [0.29, 0.717) is 6.04 Å². The second-order valence-electron chi connectivity index (χ2n) is 5.07. The van der Waals surface area contributed by atoms with Gasteiger partial charge in [0.1, 0.15) is 5.82 Å². The maximum atomic E-state index is 4.40. The minimum atomic E-state index is 0.539. The monoisotopic (exact) mass is 235 g/mol. The van der Waals surface area contributed by atoms with Gasteiger partial charge in [-0.3, -0.25) is 0 Å². The van der Waals surface area contributed by atoms with Crippen LogP contribution in [0.1, 0.15) is 18.9 Å². The van der Waals surface area contributed by atoms with Crippen LogP contribution in [-0.4, -0.2) is 42.5 Å². The second-order valence-corrected chi connectivity index (χ2v) is 5.07. The van der Waals surface area contributed by atoms with Crippen LogP contribution >= 0.6 is 0 Å². The van der Waals surface area contributed by atoms with Gasteiger partial charge in [-0.1, -0.05) is 0 Å². The molecule has 3 heterocycles. The lowest BCUT2D eigenvalue weighted by atomic mass is 10.00. The zero-order chi connectivity index (χ0) is 11.5. The van der Waals surface area contributed by atoms with Gasteiger partial charge in [-0.2, -0.15) is 5.10 Å². The average Bonchev–Trinajstić information content (AvgIpc) is 2.74. The summed E-state index contributed by atoms with van der Waals surface area (Å²) in [5.41, 5.74) is 0. The van der Waals surface area contributed by atoms with Crippen LogP contribution in [0.2, 0.25) is 0 Å². The number of nitrogens with one attached hydrogen (secondary N) is 3. The van der Waals surface area contributed by atoms with Crippen molar-refractivity contribution in [1.29, 1.82) is 0 Å². The lowest BCUT2D eigenvalue weighted by molar-refractivity contribution is 0.320. The molecule has 5 nitrogen and oxygen atoms in total. The van der Waals surface area contributed by atoms with Crippen molar-refractivity contribution in [2.75, 3.05) is 38.0 Å². The molecule has 2 fully saturated rings. The van der Waals surface area contributed by atoms with Crippen molar-refractivity contribution in [3.63, 3.8) is 0 Å². The molecule has 0 aromatic carbocycles. The Labute approximate surface area is 102 Å². The van der Waals surface area contributed by atoms with Gasteiger partial charge in [-0.05, 0) is 31.8 Å². The predicted octanol–water partition coefficient (Wildman–Crippen LogP) is 0.439. The highest BCUT2D eigenvalue weighted by molar-refractivity contribution is 5.35. The van der Waals surface area contributed by atoms with Crippen LogP contribution in [0, 0.1) is 5.92 Å². The molecule has 0 spiro atoms. The van der Waals surface area contributed by atoms with Gasteiger partial charge in [0.15, 0.2) is 0 Å². The zero-order valence-corrected chi connectivity index (χ0v) is 10.2. The van der Waals surface area contributed by atoms with Gasteiger partial charge in [0.05, 0.1) is 12.2 Å². The molecule has 3 rings (SSSR count). The summed E-state index contributed by atoms with van der Waals surface area (Å²) in [5, 5.41) is 14.7. The average molecular weight is 235 g/mol. The molecule has 94 valence electrons. The van der Waals surface area contributed by atoms with Gasteiger partial charge in [-0.15, -0.1) is 0 Å². The molecule has 0 radical (unpaired) electrons. The Kier molecular flexibility index (Phi) is 3.29. The third-order valence-corrected chi connectivity index (χ3v) is 3.75. The molecule has 1 atom stereocenters. The Morgan fingerprint density at radius 3 is 3.00 bits per heavy atom. The van der Waals surface area contributed by atoms with Crippen molar-refractivity contribution in [3.8, 4) is 0 Å². The first kappa shape index (κ1) is 11.0. The maximum absolute atomic E-state index is 4.40. The molecule has 5 heteroatoms. The van der Waals surface area contributed by atoms with Crippen LogP contribution < -0.4 is 16.0 Å². The summed E-state index contributed by atoms with van der Waals surface area (Å²) in [5.74, 6) is 1.92. The van der Waals surface area contributed by atoms with Crippen molar-refractivity contribution < 1.29 is 0 Å². The van der Waals surface area contributed by atoms with Crippen LogP contribution in [0.15, 0.2) is 12.3 Å². The second kappa shape index (κ2) is 5.06. The Hall–Kier alpha value is -1.07. The van der Waals surface area contributed by atoms with E-state index >= 15 is 0 Å².